The number of nitrogens with one attached hydrogen (secondary N) is 1. The van der Waals surface area contributed by atoms with Gasteiger partial charge in [-0.05, 0) is 0 Å². The maximum Gasteiger partial charge on any atom is 0.472 e. The summed E-state index contributed by atoms with van der Waals surface area (Å²) in [5, 5.41) is 0. The van der Waals surface area contributed by atoms with Gasteiger partial charge >= 0.3 is 18.1 Å². The number of phosphoric ester groups is 1. The molecule has 9 atom stereocenters. The first-order valence-corrected chi connectivity index (χ1v) is 16.0. The molecule has 23 heteroatoms. The van der Waals surface area contributed by atoms with E-state index in [1.807, 2.05) is 0 Å². The van der Waals surface area contributed by atoms with Crippen LogP contribution < -0.4 is 16.2 Å². The van der Waals surface area contributed by atoms with E-state index in [2.05, 4.69) is 34.6 Å². The number of phosphoric acid groups is 1. The number of hydrogen-bond acceptors (Lipinski definition) is 16. The molecule has 0 spiro atoms. The molecule has 6 N–H and O–H groups in total. The van der Waals surface area contributed by atoms with Crippen molar-refractivity contribution in [2.24, 2.45) is 5.92 Å². The summed E-state index contributed by atoms with van der Waals surface area (Å²) < 4.78 is 88.2. The third kappa shape index (κ3) is 4.97. The van der Waals surface area contributed by atoms with E-state index in [1.165, 1.54) is 28.1 Å². The average molecular weight is 658 g/mol. The van der Waals surface area contributed by atoms with E-state index in [1.54, 1.807) is 6.92 Å². The summed E-state index contributed by atoms with van der Waals surface area (Å²) in [6, 6.07) is 0. The SMILES string of the molecule is C[C@@H]1[C@H]2COP(=O)(O)O[C@@H]3[C@@H](CNS(=O)(=O)O[C@H]1C(n1cnc4c(N)ncnc41)O2)OC(n1cnc2c(N)ncnc21)[C@@H]3F. The van der Waals surface area contributed by atoms with Gasteiger partial charge in [0.25, 0.3) is 0 Å². The number of halogens is 1. The highest BCUT2D eigenvalue weighted by Gasteiger charge is 2.53. The Morgan fingerprint density at radius 2 is 1.55 bits per heavy atom. The number of nitrogen functional groups attached to an aromatic ring is 2. The molecule has 3 aliphatic heterocycles. The van der Waals surface area contributed by atoms with Crippen LogP contribution in [-0.2, 0) is 37.6 Å². The minimum atomic E-state index is -4.98. The van der Waals surface area contributed by atoms with Crippen molar-refractivity contribution in [2.75, 3.05) is 24.6 Å². The number of nitrogens with zero attached hydrogens (tertiary/aromatic N) is 8. The van der Waals surface area contributed by atoms with E-state index in [0.29, 0.717) is 0 Å². The summed E-state index contributed by atoms with van der Waals surface area (Å²) in [5.74, 6) is -0.614. The minimum Gasteiger partial charge on any atom is -0.382 e. The number of imidazole rings is 2. The number of fused-ring (bicyclic) bond motifs is 5. The molecule has 3 aliphatic rings. The molecule has 0 aromatic carbocycles. The fourth-order valence-corrected chi connectivity index (χ4v) is 7.39. The Balaban J connectivity index is 1.20. The summed E-state index contributed by atoms with van der Waals surface area (Å²) in [5.41, 5.74) is 12.5. The molecule has 4 aromatic heterocycles. The Morgan fingerprint density at radius 3 is 2.18 bits per heavy atom. The average Bonchev–Trinajstić information content (AvgIpc) is 3.73. The first-order chi connectivity index (χ1) is 20.9. The zero-order chi connectivity index (χ0) is 31.0. The molecule has 7 heterocycles. The number of aromatic nitrogens is 8. The summed E-state index contributed by atoms with van der Waals surface area (Å²) >= 11 is 0. The summed E-state index contributed by atoms with van der Waals surface area (Å²) in [7, 11) is -9.56. The van der Waals surface area contributed by atoms with Gasteiger partial charge in [-0.15, -0.1) is 0 Å². The fraction of sp³-hybridized carbons (Fsp3) is 0.524. The van der Waals surface area contributed by atoms with Crippen LogP contribution in [-0.4, -0.2) is 96.1 Å². The molecule has 3 unspecified atom stereocenters. The van der Waals surface area contributed by atoms with Gasteiger partial charge in [0.15, 0.2) is 41.6 Å². The van der Waals surface area contributed by atoms with E-state index < -0.39 is 80.2 Å². The molecular formula is C21H25FN11O9PS. The summed E-state index contributed by atoms with van der Waals surface area (Å²) in [6.07, 6.45) is -5.31. The Bertz CT molecular complexity index is 1900. The van der Waals surface area contributed by atoms with Gasteiger partial charge in [-0.25, -0.2) is 43.0 Å². The molecule has 3 saturated heterocycles. The molecule has 7 rings (SSSR count). The molecule has 2 bridgehead atoms. The van der Waals surface area contributed by atoms with Gasteiger partial charge < -0.3 is 25.8 Å². The fourth-order valence-electron chi connectivity index (χ4n) is 5.44. The maximum absolute atomic E-state index is 15.9. The van der Waals surface area contributed by atoms with Crippen LogP contribution in [0.3, 0.4) is 0 Å². The number of alkyl halides is 1. The van der Waals surface area contributed by atoms with Gasteiger partial charge in [0.1, 0.15) is 42.0 Å². The monoisotopic (exact) mass is 657 g/mol. The van der Waals surface area contributed by atoms with Crippen LogP contribution >= 0.6 is 7.82 Å². The van der Waals surface area contributed by atoms with Crippen LogP contribution in [0.1, 0.15) is 19.4 Å². The van der Waals surface area contributed by atoms with Crippen LogP contribution in [0, 0.1) is 5.92 Å². The lowest BCUT2D eigenvalue weighted by molar-refractivity contribution is -0.0498. The first-order valence-electron chi connectivity index (χ1n) is 13.1. The lowest BCUT2D eigenvalue weighted by Crippen LogP contribution is -2.42. The second-order valence-corrected chi connectivity index (χ2v) is 13.1. The van der Waals surface area contributed by atoms with Gasteiger partial charge in [-0.2, -0.15) is 13.1 Å². The van der Waals surface area contributed by atoms with E-state index in [-0.39, 0.29) is 34.0 Å². The van der Waals surface area contributed by atoms with Crippen LogP contribution in [0.15, 0.2) is 25.3 Å². The van der Waals surface area contributed by atoms with E-state index >= 15 is 4.39 Å². The van der Waals surface area contributed by atoms with Crippen molar-refractivity contribution in [2.45, 2.75) is 50.0 Å². The Kier molecular flexibility index (Phi) is 7.02. The van der Waals surface area contributed by atoms with Crippen molar-refractivity contribution in [1.29, 1.82) is 0 Å². The summed E-state index contributed by atoms with van der Waals surface area (Å²) in [4.78, 5) is 34.8. The lowest BCUT2D eigenvalue weighted by atomic mass is 10.0. The van der Waals surface area contributed by atoms with Crippen LogP contribution in [0.5, 0.6) is 0 Å². The topological polar surface area (TPSA) is 269 Å². The minimum absolute atomic E-state index is 0.0307. The van der Waals surface area contributed by atoms with Crippen molar-refractivity contribution in [3.63, 3.8) is 0 Å². The van der Waals surface area contributed by atoms with Crippen LogP contribution in [0.2, 0.25) is 0 Å². The predicted molar refractivity (Wildman–Crippen MR) is 144 cm³/mol. The van der Waals surface area contributed by atoms with Crippen molar-refractivity contribution in [1.82, 2.24) is 43.8 Å². The van der Waals surface area contributed by atoms with Gasteiger partial charge in [-0.3, -0.25) is 18.2 Å². The van der Waals surface area contributed by atoms with Crippen LogP contribution in [0.4, 0.5) is 16.0 Å². The normalized spacial score (nSPS) is 36.1. The van der Waals surface area contributed by atoms with Crippen molar-refractivity contribution in [3.8, 4) is 0 Å². The molecular weight excluding hydrogens is 632 g/mol. The molecule has 236 valence electrons. The summed E-state index contributed by atoms with van der Waals surface area (Å²) in [6.45, 7) is 0.427. The number of ether oxygens (including phenoxy) is 2. The van der Waals surface area contributed by atoms with Crippen molar-refractivity contribution < 1.29 is 45.0 Å². The van der Waals surface area contributed by atoms with Gasteiger partial charge in [0.05, 0.1) is 25.4 Å². The van der Waals surface area contributed by atoms with Gasteiger partial charge in [0, 0.05) is 12.5 Å². The molecule has 4 aromatic rings. The Morgan fingerprint density at radius 1 is 0.955 bits per heavy atom. The maximum atomic E-state index is 15.9. The molecule has 0 radical (unpaired) electrons. The number of nitrogens with two attached hydrogens (primary N) is 2. The molecule has 3 fully saturated rings. The second-order valence-electron chi connectivity index (χ2n) is 10.3. The lowest BCUT2D eigenvalue weighted by Gasteiger charge is -2.24. The molecule has 0 aliphatic carbocycles. The first kappa shape index (κ1) is 29.3. The zero-order valence-electron chi connectivity index (χ0n) is 22.5. The molecule has 0 amide bonds. The quantitative estimate of drug-likeness (QED) is 0.195. The number of rotatable bonds is 2. The molecule has 44 heavy (non-hydrogen) atoms. The van der Waals surface area contributed by atoms with Crippen molar-refractivity contribution >= 4 is 52.1 Å². The van der Waals surface area contributed by atoms with E-state index in [4.69, 9.17) is 34.2 Å². The highest BCUT2D eigenvalue weighted by atomic mass is 32.2. The Labute approximate surface area is 246 Å². The Hall–Kier alpha value is -3.47. The van der Waals surface area contributed by atoms with Crippen molar-refractivity contribution in [3.05, 3.63) is 25.3 Å². The third-order valence-electron chi connectivity index (χ3n) is 7.65. The standard InChI is InChI=1S/C21H25FN11O9PS/c1-8-10-3-38-43(34,35)41-15-9(39-20(11(15)22)32-6-29-12-16(23)25-4-27-18(12)32)2-31-44(36,37)42-14(8)21(40-10)33-7-30-13-17(24)26-5-28-19(13)33/h4-11,14-15,20-21,31H,2-3H2,1H3,(H,34,35)(H2,23,25,27)(H2,24,26,28)/t8-,9-,10-,11-,14-,15-,20?,21?/m1/s1. The highest BCUT2D eigenvalue weighted by molar-refractivity contribution is 7.84. The van der Waals surface area contributed by atoms with Gasteiger partial charge in [0.2, 0.25) is 0 Å². The molecule has 20 nitrogen and oxygen atoms in total. The number of anilines is 2. The van der Waals surface area contributed by atoms with Crippen LogP contribution in [0.25, 0.3) is 22.3 Å². The van der Waals surface area contributed by atoms with E-state index in [9.17, 15) is 17.9 Å². The highest BCUT2D eigenvalue weighted by Crippen LogP contribution is 2.50. The largest absolute Gasteiger partial charge is 0.472 e. The molecule has 0 saturated carbocycles. The second kappa shape index (κ2) is 10.6. The van der Waals surface area contributed by atoms with Gasteiger partial charge in [-0.1, -0.05) is 6.92 Å². The van der Waals surface area contributed by atoms with E-state index in [0.717, 1.165) is 6.33 Å². The third-order valence-corrected chi connectivity index (χ3v) is 9.63. The zero-order valence-corrected chi connectivity index (χ0v) is 24.2. The smallest absolute Gasteiger partial charge is 0.382 e. The predicted octanol–water partition coefficient (Wildman–Crippen LogP) is -0.665. The number of hydrogen-bond donors (Lipinski definition) is 4.